The summed E-state index contributed by atoms with van der Waals surface area (Å²) in [6.45, 7) is 19.9. The molecule has 12 nitrogen and oxygen atoms in total. The van der Waals surface area contributed by atoms with Gasteiger partial charge < -0.3 is 39.7 Å². The van der Waals surface area contributed by atoms with Gasteiger partial charge in [-0.05, 0) is 27.7 Å². The quantitative estimate of drug-likeness (QED) is 0.200. The number of carbonyl (C=O) groups is 4. The molecule has 0 aromatic carbocycles. The highest BCUT2D eigenvalue weighted by molar-refractivity contribution is 5.86. The topological polar surface area (TPSA) is 197 Å². The minimum absolute atomic E-state index is 0.0170. The van der Waals surface area contributed by atoms with Gasteiger partial charge in [-0.3, -0.25) is 0 Å². The summed E-state index contributed by atoms with van der Waals surface area (Å²) in [5.41, 5.74) is 0.433. The molecule has 0 spiro atoms. The van der Waals surface area contributed by atoms with Crippen LogP contribution in [0, 0.1) is 0 Å². The van der Waals surface area contributed by atoms with Crippen molar-refractivity contribution in [3.05, 3.63) is 50.1 Å². The van der Waals surface area contributed by atoms with Crippen LogP contribution in [0.2, 0.25) is 0 Å². The molecule has 0 rings (SSSR count). The Morgan fingerprint density at radius 3 is 1.29 bits per heavy atom. The Kier molecular flexibility index (Phi) is 36.7. The molecule has 5 N–H and O–H groups in total. The van der Waals surface area contributed by atoms with Gasteiger partial charge in [0.25, 0.3) is 0 Å². The van der Waals surface area contributed by atoms with Crippen LogP contribution in [0.3, 0.4) is 0 Å². The Morgan fingerprint density at radius 2 is 1.11 bits per heavy atom. The second-order valence-corrected chi connectivity index (χ2v) is 6.22. The smallest absolute Gasteiger partial charge is 0.332 e. The number of methoxy groups -OCH3 is 1. The second-order valence-electron chi connectivity index (χ2n) is 6.22. The van der Waals surface area contributed by atoms with Gasteiger partial charge in [0.05, 0.1) is 45.2 Å². The molecule has 0 fully saturated rings. The summed E-state index contributed by atoms with van der Waals surface area (Å²) in [5.74, 6) is -3.29. The van der Waals surface area contributed by atoms with Gasteiger partial charge in [0.1, 0.15) is 0 Å². The second kappa shape index (κ2) is 30.7. The lowest BCUT2D eigenvalue weighted by molar-refractivity contribution is -0.136. The third-order valence-electron chi connectivity index (χ3n) is 2.55. The predicted octanol–water partition coefficient (Wildman–Crippen LogP) is 1.68. The van der Waals surface area contributed by atoms with E-state index in [2.05, 4.69) is 31.1 Å². The Hall–Kier alpha value is -3.32. The first-order valence-electron chi connectivity index (χ1n) is 9.87. The summed E-state index contributed by atoms with van der Waals surface area (Å²) in [4.78, 5) is 37.9. The molecule has 0 heterocycles. The van der Waals surface area contributed by atoms with Crippen LogP contribution < -0.4 is 0 Å². The van der Waals surface area contributed by atoms with Gasteiger partial charge in [-0.25, -0.2) is 19.2 Å². The van der Waals surface area contributed by atoms with E-state index in [1.54, 1.807) is 20.8 Å². The molecule has 0 aromatic rings. The molecule has 12 heteroatoms. The van der Waals surface area contributed by atoms with E-state index in [1.807, 2.05) is 6.92 Å². The van der Waals surface area contributed by atoms with E-state index in [0.29, 0.717) is 18.8 Å². The van der Waals surface area contributed by atoms with Crippen LogP contribution in [0.25, 0.3) is 0 Å². The first-order valence-corrected chi connectivity index (χ1v) is 9.87. The molecule has 0 amide bonds. The standard InChI is InChI=1S/C9H20O4.C5H8O2.3C3H4O2/c1-7(11)5-12-9(3)6-13-8(2)4-10;1-4(2)5(6)7-3;3*1-2-3(4)5/h7-11H,4-6H2,1-3H3;1H2,2-3H3;3*2H,1H2,(H,4,5). The number of hydrogen-bond donors (Lipinski definition) is 5. The lowest BCUT2D eigenvalue weighted by Crippen LogP contribution is -2.24. The fourth-order valence-electron chi connectivity index (χ4n) is 0.878. The summed E-state index contributed by atoms with van der Waals surface area (Å²) in [6.07, 6.45) is 1.85. The van der Waals surface area contributed by atoms with Gasteiger partial charge in [-0.1, -0.05) is 26.3 Å². The van der Waals surface area contributed by atoms with Crippen molar-refractivity contribution < 1.29 is 58.9 Å². The SMILES string of the molecule is C=C(C)C(=O)OC.C=CC(=O)O.C=CC(=O)O.C=CC(=O)O.CC(O)COC(C)COC(C)CO. The van der Waals surface area contributed by atoms with E-state index in [9.17, 15) is 19.2 Å². The molecule has 204 valence electrons. The monoisotopic (exact) mass is 508 g/mol. The molecular formula is C23H40O12. The summed E-state index contributed by atoms with van der Waals surface area (Å²) in [6, 6.07) is 0. The first-order chi connectivity index (χ1) is 16.0. The Morgan fingerprint density at radius 1 is 0.800 bits per heavy atom. The lowest BCUT2D eigenvalue weighted by Gasteiger charge is -2.16. The minimum Gasteiger partial charge on any atom is -0.478 e. The number of carboxylic acid groups (broad SMARTS) is 3. The van der Waals surface area contributed by atoms with Crippen molar-refractivity contribution in [3.63, 3.8) is 0 Å². The highest BCUT2D eigenvalue weighted by atomic mass is 16.5. The predicted molar refractivity (Wildman–Crippen MR) is 130 cm³/mol. The van der Waals surface area contributed by atoms with Crippen LogP contribution in [0.4, 0.5) is 0 Å². The van der Waals surface area contributed by atoms with Crippen molar-refractivity contribution in [2.24, 2.45) is 0 Å². The van der Waals surface area contributed by atoms with Gasteiger partial charge >= 0.3 is 23.9 Å². The maximum Gasteiger partial charge on any atom is 0.332 e. The number of rotatable bonds is 11. The van der Waals surface area contributed by atoms with Crippen molar-refractivity contribution >= 4 is 23.9 Å². The van der Waals surface area contributed by atoms with Crippen molar-refractivity contribution in [2.45, 2.75) is 46.0 Å². The number of aliphatic hydroxyl groups is 2. The molecule has 0 aromatic heterocycles. The van der Waals surface area contributed by atoms with E-state index in [-0.39, 0.29) is 24.8 Å². The van der Waals surface area contributed by atoms with E-state index in [4.69, 9.17) is 35.0 Å². The number of aliphatic carboxylic acids is 3. The number of esters is 1. The van der Waals surface area contributed by atoms with Crippen LogP contribution in [0.15, 0.2) is 50.1 Å². The molecule has 3 unspecified atom stereocenters. The molecule has 0 aliphatic heterocycles. The van der Waals surface area contributed by atoms with Crippen LogP contribution in [0.5, 0.6) is 0 Å². The van der Waals surface area contributed by atoms with Gasteiger partial charge in [0.15, 0.2) is 0 Å². The maximum atomic E-state index is 10.2. The van der Waals surface area contributed by atoms with Crippen molar-refractivity contribution in [3.8, 4) is 0 Å². The zero-order valence-electron chi connectivity index (χ0n) is 21.0. The molecule has 0 bridgehead atoms. The third kappa shape index (κ3) is 59.0. The van der Waals surface area contributed by atoms with E-state index < -0.39 is 24.0 Å². The summed E-state index contributed by atoms with van der Waals surface area (Å²) < 4.78 is 14.7. The number of hydrogen-bond acceptors (Lipinski definition) is 9. The molecule has 0 aliphatic carbocycles. The molecule has 0 saturated carbocycles. The van der Waals surface area contributed by atoms with E-state index in [0.717, 1.165) is 18.2 Å². The highest BCUT2D eigenvalue weighted by Gasteiger charge is 2.07. The fourth-order valence-corrected chi connectivity index (χ4v) is 0.878. The number of ether oxygens (including phenoxy) is 3. The molecule has 3 atom stereocenters. The zero-order valence-corrected chi connectivity index (χ0v) is 21.0. The van der Waals surface area contributed by atoms with Gasteiger partial charge in [-0.15, -0.1) is 0 Å². The Balaban J connectivity index is -0.000000116. The molecule has 35 heavy (non-hydrogen) atoms. The average Bonchev–Trinajstić information content (AvgIpc) is 2.81. The minimum atomic E-state index is -0.981. The highest BCUT2D eigenvalue weighted by Crippen LogP contribution is 1.97. The van der Waals surface area contributed by atoms with E-state index >= 15 is 0 Å². The Labute approximate surface area is 206 Å². The van der Waals surface area contributed by atoms with Gasteiger partial charge in [0.2, 0.25) is 0 Å². The summed E-state index contributed by atoms with van der Waals surface area (Å²) >= 11 is 0. The normalized spacial score (nSPS) is 11.1. The number of carboxylic acids is 3. The molecule has 0 saturated heterocycles. The first kappa shape index (κ1) is 41.9. The van der Waals surface area contributed by atoms with Gasteiger partial charge in [0, 0.05) is 23.8 Å². The lowest BCUT2D eigenvalue weighted by atomic mass is 10.4. The fraction of sp³-hybridized carbons (Fsp3) is 0.478. The summed E-state index contributed by atoms with van der Waals surface area (Å²) in [7, 11) is 1.33. The average molecular weight is 509 g/mol. The summed E-state index contributed by atoms with van der Waals surface area (Å²) in [5, 5.41) is 40.4. The largest absolute Gasteiger partial charge is 0.478 e. The zero-order chi connectivity index (χ0) is 29.0. The maximum absolute atomic E-state index is 10.2. The van der Waals surface area contributed by atoms with Crippen LogP contribution in [0.1, 0.15) is 27.7 Å². The van der Waals surface area contributed by atoms with Gasteiger partial charge in [-0.2, -0.15) is 0 Å². The number of aliphatic hydroxyl groups excluding tert-OH is 2. The molecular weight excluding hydrogens is 468 g/mol. The third-order valence-corrected chi connectivity index (χ3v) is 2.55. The Bertz CT molecular complexity index is 583. The van der Waals surface area contributed by atoms with Crippen molar-refractivity contribution in [1.29, 1.82) is 0 Å². The van der Waals surface area contributed by atoms with Crippen molar-refractivity contribution in [2.75, 3.05) is 26.9 Å². The molecule has 0 radical (unpaired) electrons. The van der Waals surface area contributed by atoms with Crippen LogP contribution in [-0.4, -0.2) is 94.7 Å². The molecule has 0 aliphatic rings. The van der Waals surface area contributed by atoms with Crippen molar-refractivity contribution in [1.82, 2.24) is 0 Å². The number of carbonyl (C=O) groups excluding carboxylic acids is 1. The van der Waals surface area contributed by atoms with E-state index in [1.165, 1.54) is 7.11 Å². The van der Waals surface area contributed by atoms with Crippen LogP contribution in [-0.2, 0) is 33.4 Å². The van der Waals surface area contributed by atoms with Crippen LogP contribution >= 0.6 is 0 Å².